The lowest BCUT2D eigenvalue weighted by molar-refractivity contribution is 0.543. The van der Waals surface area contributed by atoms with Crippen molar-refractivity contribution in [2.24, 2.45) is 0 Å². The predicted molar refractivity (Wildman–Crippen MR) is 74.3 cm³/mol. The summed E-state index contributed by atoms with van der Waals surface area (Å²) in [4.78, 5) is 12.0. The molecule has 2 N–H and O–H groups in total. The van der Waals surface area contributed by atoms with Crippen LogP contribution in [-0.2, 0) is 13.1 Å². The van der Waals surface area contributed by atoms with Crippen molar-refractivity contribution < 1.29 is 0 Å². The first-order chi connectivity index (χ1) is 9.22. The first-order valence-electron chi connectivity index (χ1n) is 6.20. The van der Waals surface area contributed by atoms with Crippen LogP contribution in [0.3, 0.4) is 0 Å². The van der Waals surface area contributed by atoms with E-state index in [-0.39, 0.29) is 10.6 Å². The Bertz CT molecular complexity index is 578. The van der Waals surface area contributed by atoms with Crippen LogP contribution in [0.2, 0.25) is 5.02 Å². The summed E-state index contributed by atoms with van der Waals surface area (Å²) in [6, 6.07) is 1.84. The monoisotopic (exact) mass is 281 g/mol. The van der Waals surface area contributed by atoms with E-state index in [0.717, 1.165) is 18.5 Å². The number of unbranched alkanes of at least 4 members (excludes halogenated alkanes) is 1. The van der Waals surface area contributed by atoms with E-state index < -0.39 is 0 Å². The van der Waals surface area contributed by atoms with Crippen molar-refractivity contribution in [1.82, 2.24) is 20.0 Å². The van der Waals surface area contributed by atoms with Crippen molar-refractivity contribution in [1.29, 1.82) is 0 Å². The van der Waals surface area contributed by atoms with Crippen LogP contribution in [-0.4, -0.2) is 20.0 Å². The number of aryl methyl sites for hydroxylation is 1. The Morgan fingerprint density at radius 3 is 3.05 bits per heavy atom. The van der Waals surface area contributed by atoms with Crippen LogP contribution in [0.1, 0.15) is 25.5 Å². The highest BCUT2D eigenvalue weighted by Crippen LogP contribution is 2.16. The maximum atomic E-state index is 12.0. The predicted octanol–water partition coefficient (Wildman–Crippen LogP) is 2.03. The fourth-order valence-electron chi connectivity index (χ4n) is 1.63. The number of halogens is 1. The number of anilines is 1. The Balaban J connectivity index is 2.09. The van der Waals surface area contributed by atoms with Crippen molar-refractivity contribution in [2.75, 3.05) is 5.32 Å². The molecule has 0 aliphatic carbocycles. The fraction of sp³-hybridized carbons (Fsp3) is 0.417. The van der Waals surface area contributed by atoms with Crippen LogP contribution >= 0.6 is 11.6 Å². The van der Waals surface area contributed by atoms with Gasteiger partial charge in [0.2, 0.25) is 0 Å². The maximum absolute atomic E-state index is 12.0. The van der Waals surface area contributed by atoms with E-state index in [1.807, 2.05) is 6.07 Å². The molecule has 0 aliphatic rings. The highest BCUT2D eigenvalue weighted by atomic mass is 35.5. The Morgan fingerprint density at radius 2 is 2.37 bits per heavy atom. The van der Waals surface area contributed by atoms with E-state index in [9.17, 15) is 4.79 Å². The molecule has 0 fully saturated rings. The van der Waals surface area contributed by atoms with Crippen LogP contribution in [0.25, 0.3) is 0 Å². The zero-order valence-corrected chi connectivity index (χ0v) is 11.4. The van der Waals surface area contributed by atoms with Crippen molar-refractivity contribution in [3.63, 3.8) is 0 Å². The van der Waals surface area contributed by atoms with E-state index in [4.69, 9.17) is 11.6 Å². The third kappa shape index (κ3) is 3.35. The average molecular weight is 282 g/mol. The molecule has 19 heavy (non-hydrogen) atoms. The minimum atomic E-state index is -0.260. The minimum absolute atomic E-state index is 0.172. The standard InChI is InChI=1S/C12H16ClN5O/c1-2-3-6-18-12(19)11(13)10(8-16-18)14-7-9-4-5-15-17-9/h4-5,8,14H,2-3,6-7H2,1H3,(H,15,17). The topological polar surface area (TPSA) is 75.6 Å². The Labute approximate surface area is 115 Å². The van der Waals surface area contributed by atoms with Gasteiger partial charge < -0.3 is 5.32 Å². The molecule has 0 saturated carbocycles. The van der Waals surface area contributed by atoms with Gasteiger partial charge in [-0.1, -0.05) is 24.9 Å². The summed E-state index contributed by atoms with van der Waals surface area (Å²) in [7, 11) is 0. The molecule has 2 aromatic rings. The molecule has 0 bridgehead atoms. The number of rotatable bonds is 6. The Hall–Kier alpha value is -1.82. The van der Waals surface area contributed by atoms with Gasteiger partial charge in [0.05, 0.1) is 24.1 Å². The van der Waals surface area contributed by atoms with E-state index in [1.54, 1.807) is 12.4 Å². The lowest BCUT2D eigenvalue weighted by Crippen LogP contribution is -2.24. The lowest BCUT2D eigenvalue weighted by Gasteiger charge is -2.09. The third-order valence-corrected chi connectivity index (χ3v) is 3.10. The molecule has 0 spiro atoms. The third-order valence-electron chi connectivity index (χ3n) is 2.74. The Morgan fingerprint density at radius 1 is 1.53 bits per heavy atom. The van der Waals surface area contributed by atoms with Gasteiger partial charge in [-0.2, -0.15) is 10.2 Å². The molecule has 0 aliphatic heterocycles. The summed E-state index contributed by atoms with van der Waals surface area (Å²) in [5.74, 6) is 0. The van der Waals surface area contributed by atoms with Crippen LogP contribution in [0.15, 0.2) is 23.3 Å². The second kappa shape index (κ2) is 6.38. The first-order valence-corrected chi connectivity index (χ1v) is 6.58. The van der Waals surface area contributed by atoms with Crippen molar-refractivity contribution in [3.8, 4) is 0 Å². The molecular weight excluding hydrogens is 266 g/mol. The summed E-state index contributed by atoms with van der Waals surface area (Å²) < 4.78 is 1.40. The molecule has 0 unspecified atom stereocenters. The van der Waals surface area contributed by atoms with E-state index in [0.29, 0.717) is 18.8 Å². The molecule has 0 atom stereocenters. The second-order valence-corrected chi connectivity index (χ2v) is 4.57. The molecule has 2 aromatic heterocycles. The quantitative estimate of drug-likeness (QED) is 0.849. The van der Waals surface area contributed by atoms with Gasteiger partial charge in [-0.3, -0.25) is 9.89 Å². The molecule has 6 nitrogen and oxygen atoms in total. The Kier molecular flexibility index (Phi) is 4.57. The maximum Gasteiger partial charge on any atom is 0.287 e. The molecule has 2 rings (SSSR count). The lowest BCUT2D eigenvalue weighted by atomic mass is 10.3. The summed E-state index contributed by atoms with van der Waals surface area (Å²) in [5, 5.41) is 14.0. The van der Waals surface area contributed by atoms with Gasteiger partial charge in [-0.05, 0) is 12.5 Å². The largest absolute Gasteiger partial charge is 0.377 e. The van der Waals surface area contributed by atoms with Crippen LogP contribution in [0.5, 0.6) is 0 Å². The van der Waals surface area contributed by atoms with Gasteiger partial charge in [-0.15, -0.1) is 0 Å². The van der Waals surface area contributed by atoms with Crippen LogP contribution in [0, 0.1) is 0 Å². The minimum Gasteiger partial charge on any atom is -0.377 e. The van der Waals surface area contributed by atoms with Crippen LogP contribution < -0.4 is 10.9 Å². The fourth-order valence-corrected chi connectivity index (χ4v) is 1.84. The molecule has 0 saturated heterocycles. The van der Waals surface area contributed by atoms with Crippen molar-refractivity contribution in [3.05, 3.63) is 39.5 Å². The zero-order valence-electron chi connectivity index (χ0n) is 10.7. The van der Waals surface area contributed by atoms with E-state index in [2.05, 4.69) is 27.5 Å². The SMILES string of the molecule is CCCCn1ncc(NCc2ccn[nH]2)c(Cl)c1=O. The summed E-state index contributed by atoms with van der Waals surface area (Å²) in [6.07, 6.45) is 5.16. The summed E-state index contributed by atoms with van der Waals surface area (Å²) in [5.41, 5.74) is 1.19. The number of aromatic amines is 1. The number of hydrogen-bond acceptors (Lipinski definition) is 4. The molecule has 2 heterocycles. The van der Waals surface area contributed by atoms with Crippen LogP contribution in [0.4, 0.5) is 5.69 Å². The number of hydrogen-bond donors (Lipinski definition) is 2. The average Bonchev–Trinajstić information content (AvgIpc) is 2.92. The normalized spacial score (nSPS) is 10.6. The number of aromatic nitrogens is 4. The number of nitrogens with one attached hydrogen (secondary N) is 2. The van der Waals surface area contributed by atoms with Gasteiger partial charge in [0, 0.05) is 12.7 Å². The molecular formula is C12H16ClN5O. The van der Waals surface area contributed by atoms with Crippen molar-refractivity contribution >= 4 is 17.3 Å². The molecule has 102 valence electrons. The van der Waals surface area contributed by atoms with Gasteiger partial charge in [0.1, 0.15) is 5.02 Å². The van der Waals surface area contributed by atoms with Gasteiger partial charge >= 0.3 is 0 Å². The molecule has 0 radical (unpaired) electrons. The summed E-state index contributed by atoms with van der Waals surface area (Å²) in [6.45, 7) is 3.17. The zero-order chi connectivity index (χ0) is 13.7. The van der Waals surface area contributed by atoms with Gasteiger partial charge in [-0.25, -0.2) is 4.68 Å². The number of nitrogens with zero attached hydrogens (tertiary/aromatic N) is 3. The van der Waals surface area contributed by atoms with Gasteiger partial charge in [0.25, 0.3) is 5.56 Å². The van der Waals surface area contributed by atoms with Gasteiger partial charge in [0.15, 0.2) is 0 Å². The highest BCUT2D eigenvalue weighted by Gasteiger charge is 2.08. The van der Waals surface area contributed by atoms with E-state index in [1.165, 1.54) is 4.68 Å². The highest BCUT2D eigenvalue weighted by molar-refractivity contribution is 6.32. The first kappa shape index (κ1) is 13.6. The van der Waals surface area contributed by atoms with Crippen molar-refractivity contribution in [2.45, 2.75) is 32.9 Å². The molecule has 0 amide bonds. The molecule has 0 aromatic carbocycles. The van der Waals surface area contributed by atoms with E-state index >= 15 is 0 Å². The molecule has 7 heteroatoms. The summed E-state index contributed by atoms with van der Waals surface area (Å²) >= 11 is 6.06. The number of H-pyrrole nitrogens is 1. The smallest absolute Gasteiger partial charge is 0.287 e. The second-order valence-electron chi connectivity index (χ2n) is 4.19.